The lowest BCUT2D eigenvalue weighted by Crippen LogP contribution is -2.67. The van der Waals surface area contributed by atoms with Crippen LogP contribution in [-0.4, -0.2) is 42.1 Å². The van der Waals surface area contributed by atoms with Crippen molar-refractivity contribution < 1.29 is 0 Å². The molecule has 0 atom stereocenters. The van der Waals surface area contributed by atoms with Crippen LogP contribution in [0.25, 0.3) is 0 Å². The molecular weight excluding hydrogens is 162 g/mol. The van der Waals surface area contributed by atoms with E-state index in [1.165, 1.54) is 25.8 Å². The minimum absolute atomic E-state index is 0.368. The van der Waals surface area contributed by atoms with Gasteiger partial charge in [0.2, 0.25) is 0 Å². The average Bonchev–Trinajstić information content (AvgIpc) is 2.10. The molecule has 3 nitrogen and oxygen atoms in total. The third-order valence-corrected chi connectivity index (χ3v) is 3.18. The van der Waals surface area contributed by atoms with E-state index in [9.17, 15) is 0 Å². The van der Waals surface area contributed by atoms with Crippen molar-refractivity contribution in [2.75, 3.05) is 26.7 Å². The van der Waals surface area contributed by atoms with Crippen molar-refractivity contribution in [3.8, 4) is 0 Å². The zero-order valence-electron chi connectivity index (χ0n) is 9.21. The van der Waals surface area contributed by atoms with Crippen LogP contribution in [0.2, 0.25) is 0 Å². The van der Waals surface area contributed by atoms with Crippen LogP contribution in [0.3, 0.4) is 0 Å². The maximum Gasteiger partial charge on any atom is 0.0479 e. The van der Waals surface area contributed by atoms with Crippen molar-refractivity contribution in [2.45, 2.75) is 38.6 Å². The van der Waals surface area contributed by atoms with Crippen molar-refractivity contribution >= 4 is 0 Å². The molecule has 2 aliphatic rings. The Kier molecular flexibility index (Phi) is 3.71. The SMILES string of the molecule is CC.CN1CCN(N)C2(CCC2)C1. The lowest BCUT2D eigenvalue weighted by molar-refractivity contribution is -0.0463. The number of nitrogens with two attached hydrogens (primary N) is 1. The second-order valence-corrected chi connectivity index (χ2v) is 4.01. The number of hydrogen-bond acceptors (Lipinski definition) is 3. The number of rotatable bonds is 0. The minimum Gasteiger partial charge on any atom is -0.303 e. The van der Waals surface area contributed by atoms with Gasteiger partial charge in [-0.2, -0.15) is 0 Å². The molecule has 0 radical (unpaired) electrons. The van der Waals surface area contributed by atoms with Crippen LogP contribution < -0.4 is 5.84 Å². The number of hydrogen-bond donors (Lipinski definition) is 1. The summed E-state index contributed by atoms with van der Waals surface area (Å²) in [5.41, 5.74) is 0.368. The molecule has 1 saturated carbocycles. The summed E-state index contributed by atoms with van der Waals surface area (Å²) >= 11 is 0. The normalized spacial score (nSPS) is 27.7. The molecule has 78 valence electrons. The van der Waals surface area contributed by atoms with E-state index in [1.54, 1.807) is 0 Å². The molecule has 1 heterocycles. The lowest BCUT2D eigenvalue weighted by atomic mass is 9.75. The van der Waals surface area contributed by atoms with Gasteiger partial charge in [0.15, 0.2) is 0 Å². The summed E-state index contributed by atoms with van der Waals surface area (Å²) in [4.78, 5) is 2.39. The second-order valence-electron chi connectivity index (χ2n) is 4.01. The van der Waals surface area contributed by atoms with Gasteiger partial charge in [0, 0.05) is 25.2 Å². The third-order valence-electron chi connectivity index (χ3n) is 3.18. The van der Waals surface area contributed by atoms with Crippen molar-refractivity contribution in [1.29, 1.82) is 0 Å². The van der Waals surface area contributed by atoms with Crippen LogP contribution in [0.1, 0.15) is 33.1 Å². The highest BCUT2D eigenvalue weighted by molar-refractivity contribution is 5.00. The van der Waals surface area contributed by atoms with Gasteiger partial charge in [0.05, 0.1) is 0 Å². The third kappa shape index (κ3) is 2.03. The van der Waals surface area contributed by atoms with Crippen LogP contribution in [0.15, 0.2) is 0 Å². The summed E-state index contributed by atoms with van der Waals surface area (Å²) < 4.78 is 0. The van der Waals surface area contributed by atoms with Gasteiger partial charge < -0.3 is 4.90 Å². The molecule has 0 unspecified atom stereocenters. The second kappa shape index (κ2) is 4.40. The fraction of sp³-hybridized carbons (Fsp3) is 1.00. The summed E-state index contributed by atoms with van der Waals surface area (Å²) in [5.74, 6) is 5.94. The van der Waals surface area contributed by atoms with Gasteiger partial charge in [-0.3, -0.25) is 5.84 Å². The van der Waals surface area contributed by atoms with Gasteiger partial charge in [0.1, 0.15) is 0 Å². The first-order valence-electron chi connectivity index (χ1n) is 5.44. The molecule has 13 heavy (non-hydrogen) atoms. The van der Waals surface area contributed by atoms with Crippen LogP contribution in [0, 0.1) is 0 Å². The molecule has 0 aromatic carbocycles. The van der Waals surface area contributed by atoms with Gasteiger partial charge in [-0.1, -0.05) is 13.8 Å². The molecule has 1 saturated heterocycles. The predicted molar refractivity (Wildman–Crippen MR) is 56.3 cm³/mol. The molecule has 2 fully saturated rings. The Labute approximate surface area is 81.8 Å². The van der Waals surface area contributed by atoms with Gasteiger partial charge in [-0.25, -0.2) is 5.01 Å². The Morgan fingerprint density at radius 2 is 1.77 bits per heavy atom. The molecular formula is C10H23N3. The first kappa shape index (κ1) is 11.0. The van der Waals surface area contributed by atoms with E-state index in [0.29, 0.717) is 5.54 Å². The van der Waals surface area contributed by atoms with E-state index in [4.69, 9.17) is 5.84 Å². The average molecular weight is 185 g/mol. The number of likely N-dealkylation sites (N-methyl/N-ethyl adjacent to an activating group) is 1. The van der Waals surface area contributed by atoms with Crippen molar-refractivity contribution in [3.63, 3.8) is 0 Å². The Balaban J connectivity index is 0.000000396. The maximum atomic E-state index is 5.94. The Morgan fingerprint density at radius 3 is 2.15 bits per heavy atom. The summed E-state index contributed by atoms with van der Waals surface area (Å²) in [6.07, 6.45) is 3.96. The number of piperazine rings is 1. The quantitative estimate of drug-likeness (QED) is 0.573. The highest BCUT2D eigenvalue weighted by Crippen LogP contribution is 2.37. The molecule has 2 N–H and O–H groups in total. The zero-order chi connectivity index (χ0) is 9.90. The molecule has 0 aromatic rings. The van der Waals surface area contributed by atoms with Gasteiger partial charge in [-0.15, -0.1) is 0 Å². The fourth-order valence-electron chi connectivity index (χ4n) is 2.22. The summed E-state index contributed by atoms with van der Waals surface area (Å²) in [5, 5.41) is 2.07. The van der Waals surface area contributed by atoms with E-state index >= 15 is 0 Å². The van der Waals surface area contributed by atoms with Gasteiger partial charge >= 0.3 is 0 Å². The van der Waals surface area contributed by atoms with Crippen LogP contribution in [0.5, 0.6) is 0 Å². The molecule has 1 aliphatic heterocycles. The van der Waals surface area contributed by atoms with E-state index in [-0.39, 0.29) is 0 Å². The Bertz CT molecular complexity index is 154. The summed E-state index contributed by atoms with van der Waals surface area (Å²) in [7, 11) is 2.19. The predicted octanol–water partition coefficient (Wildman–Crippen LogP) is 1.06. The minimum atomic E-state index is 0.368. The Morgan fingerprint density at radius 1 is 1.15 bits per heavy atom. The van der Waals surface area contributed by atoms with Crippen molar-refractivity contribution in [3.05, 3.63) is 0 Å². The van der Waals surface area contributed by atoms with Crippen molar-refractivity contribution in [2.24, 2.45) is 5.84 Å². The monoisotopic (exact) mass is 185 g/mol. The molecule has 0 bridgehead atoms. The first-order valence-corrected chi connectivity index (χ1v) is 5.44. The number of nitrogens with zero attached hydrogens (tertiary/aromatic N) is 2. The topological polar surface area (TPSA) is 32.5 Å². The molecule has 3 heteroatoms. The summed E-state index contributed by atoms with van der Waals surface area (Å²) in [6, 6.07) is 0. The number of hydrazine groups is 1. The lowest BCUT2D eigenvalue weighted by Gasteiger charge is -2.53. The van der Waals surface area contributed by atoms with E-state index in [2.05, 4.69) is 17.0 Å². The Hall–Kier alpha value is -0.120. The van der Waals surface area contributed by atoms with Crippen LogP contribution >= 0.6 is 0 Å². The van der Waals surface area contributed by atoms with E-state index in [1.807, 2.05) is 13.8 Å². The first-order chi connectivity index (χ1) is 6.23. The molecule has 1 aliphatic carbocycles. The smallest absolute Gasteiger partial charge is 0.0479 e. The zero-order valence-corrected chi connectivity index (χ0v) is 9.21. The van der Waals surface area contributed by atoms with Gasteiger partial charge in [0.25, 0.3) is 0 Å². The molecule has 0 amide bonds. The maximum absolute atomic E-state index is 5.94. The molecule has 2 rings (SSSR count). The molecule has 1 spiro atoms. The largest absolute Gasteiger partial charge is 0.303 e. The summed E-state index contributed by atoms with van der Waals surface area (Å²) in [6.45, 7) is 7.33. The fourth-order valence-corrected chi connectivity index (χ4v) is 2.22. The van der Waals surface area contributed by atoms with E-state index < -0.39 is 0 Å². The van der Waals surface area contributed by atoms with Crippen molar-refractivity contribution in [1.82, 2.24) is 9.91 Å². The van der Waals surface area contributed by atoms with E-state index in [0.717, 1.165) is 13.1 Å². The van der Waals surface area contributed by atoms with Crippen LogP contribution in [0.4, 0.5) is 0 Å². The van der Waals surface area contributed by atoms with Crippen LogP contribution in [-0.2, 0) is 0 Å². The highest BCUT2D eigenvalue weighted by Gasteiger charge is 2.44. The highest BCUT2D eigenvalue weighted by atomic mass is 15.5. The van der Waals surface area contributed by atoms with Gasteiger partial charge in [-0.05, 0) is 26.3 Å². The standard InChI is InChI=1S/C8H17N3.C2H6/c1-10-5-6-11(9)8(7-10)3-2-4-8;1-2/h2-7,9H2,1H3;1-2H3. The molecule has 0 aromatic heterocycles.